The van der Waals surface area contributed by atoms with Crippen molar-refractivity contribution in [1.29, 1.82) is 0 Å². The summed E-state index contributed by atoms with van der Waals surface area (Å²) in [4.78, 5) is 26.1. The van der Waals surface area contributed by atoms with Gasteiger partial charge in [0.2, 0.25) is 0 Å². The number of aliphatic hydroxyl groups excluding tert-OH is 1. The zero-order chi connectivity index (χ0) is 23.8. The van der Waals surface area contributed by atoms with E-state index >= 15 is 0 Å². The molecule has 0 aromatic heterocycles. The Labute approximate surface area is 213 Å². The molecule has 5 aliphatic rings. The zero-order valence-corrected chi connectivity index (χ0v) is 21.9. The molecule has 5 heterocycles. The van der Waals surface area contributed by atoms with Gasteiger partial charge in [0.05, 0.1) is 50.3 Å². The van der Waals surface area contributed by atoms with E-state index in [9.17, 15) is 14.7 Å². The summed E-state index contributed by atoms with van der Waals surface area (Å²) >= 11 is 5.18. The highest BCUT2D eigenvalue weighted by atomic mass is 32.2. The van der Waals surface area contributed by atoms with Gasteiger partial charge in [0, 0.05) is 48.7 Å². The topological polar surface area (TPSA) is 101 Å². The van der Waals surface area contributed by atoms with E-state index in [1.807, 2.05) is 0 Å². The van der Waals surface area contributed by atoms with E-state index in [4.69, 9.17) is 23.7 Å². The van der Waals surface area contributed by atoms with E-state index in [2.05, 4.69) is 0 Å². The molecule has 2 spiro atoms. The summed E-state index contributed by atoms with van der Waals surface area (Å²) in [7, 11) is 0. The lowest BCUT2D eigenvalue weighted by atomic mass is 9.76. The summed E-state index contributed by atoms with van der Waals surface area (Å²) in [6.07, 6.45) is -0.104. The number of Topliss-reactive ketones (excluding diaryl/α,β-unsaturated/α-hetero) is 1. The molecule has 0 amide bonds. The van der Waals surface area contributed by atoms with Crippen molar-refractivity contribution in [2.45, 2.75) is 43.5 Å². The first kappa shape index (κ1) is 25.6. The van der Waals surface area contributed by atoms with Crippen LogP contribution in [0.2, 0.25) is 0 Å². The van der Waals surface area contributed by atoms with Gasteiger partial charge in [-0.2, -0.15) is 35.3 Å². The first-order valence-electron chi connectivity index (χ1n) is 12.1. The van der Waals surface area contributed by atoms with Gasteiger partial charge < -0.3 is 28.8 Å². The standard InChI is InChI=1S/C23H34O8S3/c1-14(24)31-21(18-13-33-9-3-23(18)29-6-7-30-23)16-11-34-10-15(19(16)25)20(26)17-12-32-8-2-22(17)27-4-5-28-22/h15-18,20-21,26H,2-13H2,1H3/t15-,16-,17?,18+,20?,21-/m1/s1. The van der Waals surface area contributed by atoms with Gasteiger partial charge in [-0.05, 0) is 11.5 Å². The summed E-state index contributed by atoms with van der Waals surface area (Å²) in [6, 6.07) is 0. The van der Waals surface area contributed by atoms with Gasteiger partial charge in [0.1, 0.15) is 11.9 Å². The Bertz CT molecular complexity index is 754. The number of ketones is 1. The maximum Gasteiger partial charge on any atom is 0.302 e. The van der Waals surface area contributed by atoms with Crippen molar-refractivity contribution >= 4 is 47.0 Å². The van der Waals surface area contributed by atoms with E-state index in [1.54, 1.807) is 35.3 Å². The molecule has 11 heteroatoms. The van der Waals surface area contributed by atoms with Crippen LogP contribution in [-0.4, -0.2) is 102 Å². The second-order valence-electron chi connectivity index (χ2n) is 9.60. The molecule has 8 nitrogen and oxygen atoms in total. The normalized spacial score (nSPS) is 37.1. The molecule has 1 N–H and O–H groups in total. The Balaban J connectivity index is 1.38. The fourth-order valence-electron chi connectivity index (χ4n) is 6.04. The number of hydrogen-bond donors (Lipinski definition) is 1. The van der Waals surface area contributed by atoms with Gasteiger partial charge in [-0.3, -0.25) is 9.59 Å². The fraction of sp³-hybridized carbons (Fsp3) is 0.913. The van der Waals surface area contributed by atoms with E-state index in [0.29, 0.717) is 62.3 Å². The Hall–Kier alpha value is -0.0100. The average molecular weight is 535 g/mol. The van der Waals surface area contributed by atoms with E-state index in [-0.39, 0.29) is 17.6 Å². The predicted molar refractivity (Wildman–Crippen MR) is 131 cm³/mol. The lowest BCUT2D eigenvalue weighted by Crippen LogP contribution is -2.58. The summed E-state index contributed by atoms with van der Waals surface area (Å²) in [5, 5.41) is 11.5. The largest absolute Gasteiger partial charge is 0.461 e. The van der Waals surface area contributed by atoms with Crippen molar-refractivity contribution in [3.63, 3.8) is 0 Å². The average Bonchev–Trinajstić information content (AvgIpc) is 3.49. The fourth-order valence-corrected chi connectivity index (χ4v) is 9.99. The predicted octanol–water partition coefficient (Wildman–Crippen LogP) is 1.82. The van der Waals surface area contributed by atoms with Crippen LogP contribution in [0.15, 0.2) is 0 Å². The summed E-state index contributed by atoms with van der Waals surface area (Å²) in [5.41, 5.74) is 0. The first-order valence-corrected chi connectivity index (χ1v) is 15.6. The third-order valence-corrected chi connectivity index (χ3v) is 11.1. The van der Waals surface area contributed by atoms with Crippen LogP contribution in [0.3, 0.4) is 0 Å². The van der Waals surface area contributed by atoms with Crippen LogP contribution < -0.4 is 0 Å². The van der Waals surface area contributed by atoms with Crippen molar-refractivity contribution in [2.24, 2.45) is 23.7 Å². The highest BCUT2D eigenvalue weighted by molar-refractivity contribution is 7.99. The van der Waals surface area contributed by atoms with Gasteiger partial charge >= 0.3 is 5.97 Å². The van der Waals surface area contributed by atoms with Crippen LogP contribution in [0.5, 0.6) is 0 Å². The number of esters is 1. The highest BCUT2D eigenvalue weighted by Crippen LogP contribution is 2.47. The molecular weight excluding hydrogens is 500 g/mol. The highest BCUT2D eigenvalue weighted by Gasteiger charge is 2.57. The summed E-state index contributed by atoms with van der Waals surface area (Å²) in [5.74, 6) is 0.650. The van der Waals surface area contributed by atoms with Crippen molar-refractivity contribution in [1.82, 2.24) is 0 Å². The molecule has 5 rings (SSSR count). The van der Waals surface area contributed by atoms with Gasteiger partial charge in [-0.1, -0.05) is 0 Å². The minimum atomic E-state index is -0.875. The van der Waals surface area contributed by atoms with Gasteiger partial charge in [0.25, 0.3) is 0 Å². The molecule has 5 aliphatic heterocycles. The van der Waals surface area contributed by atoms with Gasteiger partial charge in [-0.25, -0.2) is 0 Å². The van der Waals surface area contributed by atoms with Gasteiger partial charge in [0.15, 0.2) is 11.6 Å². The number of carbonyl (C=O) groups excluding carboxylic acids is 2. The van der Waals surface area contributed by atoms with Crippen molar-refractivity contribution in [2.75, 3.05) is 60.9 Å². The third-order valence-electron chi connectivity index (χ3n) is 7.71. The SMILES string of the molecule is CC(=O)O[C@H]([C@@H]1CSC[C@@H](C(O)C2CSCCC23OCCO3)C1=O)[C@@H]1CSCCC12OCCO2. The second kappa shape index (κ2) is 10.8. The Kier molecular flexibility index (Phi) is 8.12. The number of hydrogen-bond acceptors (Lipinski definition) is 11. The second-order valence-corrected chi connectivity index (χ2v) is 13.0. The molecule has 6 atom stereocenters. The van der Waals surface area contributed by atoms with Crippen LogP contribution in [0.4, 0.5) is 0 Å². The number of aliphatic hydroxyl groups is 1. The van der Waals surface area contributed by atoms with Crippen molar-refractivity contribution in [3.05, 3.63) is 0 Å². The minimum absolute atomic E-state index is 0.0371. The molecule has 0 saturated carbocycles. The molecule has 0 aromatic carbocycles. The molecule has 5 saturated heterocycles. The lowest BCUT2D eigenvalue weighted by Gasteiger charge is -2.47. The monoisotopic (exact) mass is 534 g/mol. The smallest absolute Gasteiger partial charge is 0.302 e. The van der Waals surface area contributed by atoms with Gasteiger partial charge in [-0.15, -0.1) is 0 Å². The number of ether oxygens (including phenoxy) is 5. The Morgan fingerprint density at radius 3 is 2.00 bits per heavy atom. The molecule has 0 aliphatic carbocycles. The van der Waals surface area contributed by atoms with Crippen LogP contribution in [-0.2, 0) is 33.3 Å². The van der Waals surface area contributed by atoms with Crippen molar-refractivity contribution < 1.29 is 38.4 Å². The minimum Gasteiger partial charge on any atom is -0.461 e. The molecule has 0 radical (unpaired) electrons. The first-order chi connectivity index (χ1) is 16.5. The summed E-state index contributed by atoms with van der Waals surface area (Å²) in [6.45, 7) is 3.42. The molecule has 2 unspecified atom stereocenters. The molecule has 192 valence electrons. The lowest BCUT2D eigenvalue weighted by molar-refractivity contribution is -0.225. The summed E-state index contributed by atoms with van der Waals surface area (Å²) < 4.78 is 30.1. The Morgan fingerprint density at radius 1 is 0.882 bits per heavy atom. The number of carbonyl (C=O) groups is 2. The maximum atomic E-state index is 13.9. The molecule has 34 heavy (non-hydrogen) atoms. The van der Waals surface area contributed by atoms with Crippen LogP contribution in [0, 0.1) is 23.7 Å². The van der Waals surface area contributed by atoms with E-state index in [0.717, 1.165) is 11.5 Å². The molecular formula is C23H34O8S3. The molecule has 0 bridgehead atoms. The van der Waals surface area contributed by atoms with Crippen LogP contribution in [0.1, 0.15) is 19.8 Å². The molecule has 0 aromatic rings. The van der Waals surface area contributed by atoms with Crippen molar-refractivity contribution in [3.8, 4) is 0 Å². The quantitative estimate of drug-likeness (QED) is 0.523. The number of thioether (sulfide) groups is 3. The van der Waals surface area contributed by atoms with E-state index < -0.39 is 41.6 Å². The molecule has 5 fully saturated rings. The van der Waals surface area contributed by atoms with Crippen LogP contribution in [0.25, 0.3) is 0 Å². The Morgan fingerprint density at radius 2 is 1.41 bits per heavy atom. The third kappa shape index (κ3) is 4.80. The number of rotatable bonds is 5. The zero-order valence-electron chi connectivity index (χ0n) is 19.5. The van der Waals surface area contributed by atoms with E-state index in [1.165, 1.54) is 6.92 Å². The van der Waals surface area contributed by atoms with Crippen LogP contribution >= 0.6 is 35.3 Å². The maximum absolute atomic E-state index is 13.9.